The summed E-state index contributed by atoms with van der Waals surface area (Å²) in [5, 5.41) is 0. The molecule has 0 N–H and O–H groups in total. The molecule has 0 radical (unpaired) electrons. The van der Waals surface area contributed by atoms with Crippen LogP contribution in [0.3, 0.4) is 0 Å². The maximum absolute atomic E-state index is 12.2. The lowest BCUT2D eigenvalue weighted by Crippen LogP contribution is -2.19. The Labute approximate surface area is 64.9 Å². The molecule has 0 unspecified atom stereocenters. The van der Waals surface area contributed by atoms with E-state index in [0.717, 1.165) is 0 Å². The van der Waals surface area contributed by atoms with Gasteiger partial charge in [-0.25, -0.2) is 4.39 Å². The molecule has 0 spiro atoms. The second kappa shape index (κ2) is 2.99. The quantitative estimate of drug-likeness (QED) is 0.558. The fourth-order valence-electron chi connectivity index (χ4n) is 0.454. The van der Waals surface area contributed by atoms with Crippen molar-refractivity contribution in [3.8, 4) is 0 Å². The molecule has 0 nitrogen and oxygen atoms in total. The highest BCUT2D eigenvalue weighted by Crippen LogP contribution is 2.35. The Morgan fingerprint density at radius 1 is 1.00 bits per heavy atom. The number of allylic oxidation sites excluding steroid dienone is 2. The van der Waals surface area contributed by atoms with Crippen molar-refractivity contribution < 1.29 is 26.3 Å². The van der Waals surface area contributed by atoms with Gasteiger partial charge in [-0.2, -0.15) is 22.0 Å². The Morgan fingerprint density at radius 3 is 1.42 bits per heavy atom. The van der Waals surface area contributed by atoms with E-state index in [9.17, 15) is 26.3 Å². The zero-order valence-electron chi connectivity index (χ0n) is 6.27. The minimum atomic E-state index is -5.04. The van der Waals surface area contributed by atoms with Gasteiger partial charge in [-0.3, -0.25) is 0 Å². The van der Waals surface area contributed by atoms with E-state index in [0.29, 0.717) is 0 Å². The van der Waals surface area contributed by atoms with Crippen LogP contribution in [0.1, 0.15) is 13.8 Å². The lowest BCUT2D eigenvalue weighted by atomic mass is 10.2. The monoisotopic (exact) mass is 192 g/mol. The third-order valence-electron chi connectivity index (χ3n) is 1.14. The SMILES string of the molecule is CC(=C(F)C(C)(F)F)C(F)(F)F. The molecular weight excluding hydrogens is 186 g/mol. The minimum absolute atomic E-state index is 0.0670. The van der Waals surface area contributed by atoms with Crippen LogP contribution in [0.2, 0.25) is 0 Å². The number of halogens is 6. The van der Waals surface area contributed by atoms with Crippen molar-refractivity contribution >= 4 is 0 Å². The van der Waals surface area contributed by atoms with Crippen molar-refractivity contribution in [2.24, 2.45) is 0 Å². The first kappa shape index (κ1) is 11.3. The highest BCUT2D eigenvalue weighted by Gasteiger charge is 2.40. The van der Waals surface area contributed by atoms with E-state index >= 15 is 0 Å². The lowest BCUT2D eigenvalue weighted by molar-refractivity contribution is -0.0977. The van der Waals surface area contributed by atoms with Crippen LogP contribution in [-0.4, -0.2) is 12.1 Å². The van der Waals surface area contributed by atoms with Crippen molar-refractivity contribution in [3.05, 3.63) is 11.4 Å². The summed E-state index contributed by atoms with van der Waals surface area (Å²) in [7, 11) is 0. The first-order chi connectivity index (χ1) is 5.07. The average Bonchev–Trinajstić information content (AvgIpc) is 1.80. The third kappa shape index (κ3) is 2.75. The first-order valence-corrected chi connectivity index (χ1v) is 2.88. The van der Waals surface area contributed by atoms with Crippen LogP contribution in [0.25, 0.3) is 0 Å². The summed E-state index contributed by atoms with van der Waals surface area (Å²) in [5.74, 6) is -6.51. The van der Waals surface area contributed by atoms with Gasteiger partial charge in [-0.1, -0.05) is 0 Å². The van der Waals surface area contributed by atoms with E-state index in [-0.39, 0.29) is 13.8 Å². The second-order valence-electron chi connectivity index (χ2n) is 2.33. The van der Waals surface area contributed by atoms with Gasteiger partial charge in [0.15, 0.2) is 5.83 Å². The van der Waals surface area contributed by atoms with Gasteiger partial charge < -0.3 is 0 Å². The van der Waals surface area contributed by atoms with Crippen LogP contribution >= 0.6 is 0 Å². The van der Waals surface area contributed by atoms with Crippen LogP contribution < -0.4 is 0 Å². The molecule has 12 heavy (non-hydrogen) atoms. The lowest BCUT2D eigenvalue weighted by Gasteiger charge is -2.12. The maximum Gasteiger partial charge on any atom is 0.415 e. The Balaban J connectivity index is 4.96. The molecule has 0 aliphatic carbocycles. The molecule has 0 heterocycles. The summed E-state index contributed by atoms with van der Waals surface area (Å²) in [4.78, 5) is 0. The number of alkyl halides is 5. The maximum atomic E-state index is 12.2. The molecule has 0 aromatic rings. The van der Waals surface area contributed by atoms with Gasteiger partial charge in [0, 0.05) is 6.92 Å². The molecule has 0 bridgehead atoms. The minimum Gasteiger partial charge on any atom is -0.205 e. The second-order valence-corrected chi connectivity index (χ2v) is 2.33. The topological polar surface area (TPSA) is 0 Å². The molecule has 0 rings (SSSR count). The van der Waals surface area contributed by atoms with E-state index in [1.54, 1.807) is 0 Å². The molecule has 0 aliphatic heterocycles. The zero-order valence-corrected chi connectivity index (χ0v) is 6.27. The van der Waals surface area contributed by atoms with Crippen LogP contribution in [0.5, 0.6) is 0 Å². The molecule has 0 saturated heterocycles. The normalized spacial score (nSPS) is 16.0. The Morgan fingerprint density at radius 2 is 1.33 bits per heavy atom. The zero-order chi connectivity index (χ0) is 10.2. The fraction of sp³-hybridized carbons (Fsp3) is 0.667. The van der Waals surface area contributed by atoms with Gasteiger partial charge in [0.1, 0.15) is 0 Å². The van der Waals surface area contributed by atoms with Crippen LogP contribution in [0.4, 0.5) is 26.3 Å². The number of hydrogen-bond acceptors (Lipinski definition) is 0. The molecule has 6 heteroatoms. The summed E-state index contributed by atoms with van der Waals surface area (Å²) in [6.45, 7) is 0.338. The van der Waals surface area contributed by atoms with Crippen molar-refractivity contribution in [2.45, 2.75) is 25.9 Å². The number of hydrogen-bond donors (Lipinski definition) is 0. The molecule has 0 amide bonds. The summed E-state index contributed by atoms with van der Waals surface area (Å²) in [6, 6.07) is 0. The van der Waals surface area contributed by atoms with Crippen molar-refractivity contribution in [1.29, 1.82) is 0 Å². The van der Waals surface area contributed by atoms with Gasteiger partial charge in [-0.15, -0.1) is 0 Å². The summed E-state index contributed by atoms with van der Waals surface area (Å²) >= 11 is 0. The molecule has 72 valence electrons. The van der Waals surface area contributed by atoms with E-state index in [1.165, 1.54) is 0 Å². The first-order valence-electron chi connectivity index (χ1n) is 2.88. The highest BCUT2D eigenvalue weighted by atomic mass is 19.4. The highest BCUT2D eigenvalue weighted by molar-refractivity contribution is 5.16. The van der Waals surface area contributed by atoms with Gasteiger partial charge >= 0.3 is 6.18 Å². The van der Waals surface area contributed by atoms with E-state index in [2.05, 4.69) is 0 Å². The molecule has 0 aliphatic rings. The number of rotatable bonds is 1. The van der Waals surface area contributed by atoms with Gasteiger partial charge in [0.05, 0.1) is 5.57 Å². The van der Waals surface area contributed by atoms with Gasteiger partial charge in [0.2, 0.25) is 0 Å². The smallest absolute Gasteiger partial charge is 0.205 e. The standard InChI is InChI=1S/C6H6F6/c1-3(6(10,11)12)4(7)5(2,8)9/h1-2H3. The largest absolute Gasteiger partial charge is 0.415 e. The Hall–Kier alpha value is -0.680. The predicted octanol–water partition coefficient (Wildman–Crippen LogP) is 3.45. The third-order valence-corrected chi connectivity index (χ3v) is 1.14. The summed E-state index contributed by atoms with van der Waals surface area (Å²) in [5.41, 5.74) is -1.89. The van der Waals surface area contributed by atoms with Crippen molar-refractivity contribution in [1.82, 2.24) is 0 Å². The van der Waals surface area contributed by atoms with Crippen LogP contribution in [0, 0.1) is 0 Å². The molecule has 0 aromatic heterocycles. The molecule has 0 fully saturated rings. The molecule has 0 atom stereocenters. The molecule has 0 saturated carbocycles. The predicted molar refractivity (Wildman–Crippen MR) is 30.5 cm³/mol. The van der Waals surface area contributed by atoms with E-state index in [1.807, 2.05) is 0 Å². The Kier molecular flexibility index (Phi) is 2.82. The van der Waals surface area contributed by atoms with Gasteiger partial charge in [0.25, 0.3) is 5.92 Å². The van der Waals surface area contributed by atoms with E-state index < -0.39 is 23.5 Å². The van der Waals surface area contributed by atoms with E-state index in [4.69, 9.17) is 0 Å². The van der Waals surface area contributed by atoms with Gasteiger partial charge in [-0.05, 0) is 6.92 Å². The summed E-state index contributed by atoms with van der Waals surface area (Å²) in [6.07, 6.45) is -5.04. The Bertz CT molecular complexity index is 171. The molecular formula is C6H6F6. The van der Waals surface area contributed by atoms with Crippen LogP contribution in [-0.2, 0) is 0 Å². The van der Waals surface area contributed by atoms with Crippen molar-refractivity contribution in [2.75, 3.05) is 0 Å². The summed E-state index contributed by atoms with van der Waals surface area (Å²) < 4.78 is 70.9. The van der Waals surface area contributed by atoms with Crippen LogP contribution in [0.15, 0.2) is 11.4 Å². The average molecular weight is 192 g/mol. The fourth-order valence-corrected chi connectivity index (χ4v) is 0.454. The van der Waals surface area contributed by atoms with Crippen molar-refractivity contribution in [3.63, 3.8) is 0 Å². The molecule has 0 aromatic carbocycles.